The summed E-state index contributed by atoms with van der Waals surface area (Å²) in [6.07, 6.45) is 5.25. The number of amides is 1. The molecule has 6 nitrogen and oxygen atoms in total. The van der Waals surface area contributed by atoms with Gasteiger partial charge in [-0.15, -0.1) is 0 Å². The molecule has 182 valence electrons. The Bertz CT molecular complexity index is 1150. The van der Waals surface area contributed by atoms with Crippen LogP contribution in [0.25, 0.3) is 0 Å². The van der Waals surface area contributed by atoms with E-state index in [-0.39, 0.29) is 5.92 Å². The Hall–Kier alpha value is -3.06. The zero-order valence-electron chi connectivity index (χ0n) is 20.6. The molecule has 0 N–H and O–H groups in total. The summed E-state index contributed by atoms with van der Waals surface area (Å²) >= 11 is 1.65. The minimum Gasteiger partial charge on any atom is -0.368 e. The van der Waals surface area contributed by atoms with E-state index in [1.165, 1.54) is 16.8 Å². The average molecular weight is 488 g/mol. The van der Waals surface area contributed by atoms with Crippen molar-refractivity contribution in [2.45, 2.75) is 36.6 Å². The fourth-order valence-electron chi connectivity index (χ4n) is 5.01. The van der Waals surface area contributed by atoms with Crippen molar-refractivity contribution in [2.24, 2.45) is 5.92 Å². The lowest BCUT2D eigenvalue weighted by Crippen LogP contribution is -2.52. The summed E-state index contributed by atoms with van der Waals surface area (Å²) in [4.78, 5) is 30.5. The van der Waals surface area contributed by atoms with Crippen molar-refractivity contribution in [3.63, 3.8) is 0 Å². The van der Waals surface area contributed by atoms with Gasteiger partial charge in [0.1, 0.15) is 5.03 Å². The molecule has 1 aromatic heterocycles. The van der Waals surface area contributed by atoms with Gasteiger partial charge in [-0.25, -0.2) is 9.97 Å². The van der Waals surface area contributed by atoms with Gasteiger partial charge >= 0.3 is 0 Å². The molecule has 0 spiro atoms. The number of piperidine rings is 1. The lowest BCUT2D eigenvalue weighted by Gasteiger charge is -2.40. The molecular formula is C28H33N5OS. The fourth-order valence-corrected chi connectivity index (χ4v) is 5.89. The Morgan fingerprint density at radius 2 is 1.51 bits per heavy atom. The number of anilines is 2. The molecule has 2 saturated heterocycles. The second kappa shape index (κ2) is 10.7. The number of hydrogen-bond donors (Lipinski definition) is 0. The van der Waals surface area contributed by atoms with Crippen LogP contribution in [-0.4, -0.2) is 60.0 Å². The van der Waals surface area contributed by atoms with E-state index in [0.29, 0.717) is 5.91 Å². The second-order valence-electron chi connectivity index (χ2n) is 9.46. The molecule has 0 atom stereocenters. The molecule has 5 rings (SSSR count). The molecule has 35 heavy (non-hydrogen) atoms. The number of rotatable bonds is 5. The Balaban J connectivity index is 1.16. The minimum atomic E-state index is 0.0983. The number of benzene rings is 2. The van der Waals surface area contributed by atoms with Gasteiger partial charge in [0.05, 0.1) is 0 Å². The topological polar surface area (TPSA) is 52.6 Å². The molecule has 0 unspecified atom stereocenters. The summed E-state index contributed by atoms with van der Waals surface area (Å²) < 4.78 is 0. The Morgan fingerprint density at radius 3 is 2.23 bits per heavy atom. The third-order valence-electron chi connectivity index (χ3n) is 7.07. The predicted octanol–water partition coefficient (Wildman–Crippen LogP) is 4.81. The van der Waals surface area contributed by atoms with E-state index in [0.717, 1.165) is 67.8 Å². The van der Waals surface area contributed by atoms with Crippen LogP contribution in [0.4, 0.5) is 11.5 Å². The van der Waals surface area contributed by atoms with Crippen LogP contribution >= 0.6 is 11.8 Å². The summed E-state index contributed by atoms with van der Waals surface area (Å²) in [6, 6.07) is 17.0. The van der Waals surface area contributed by atoms with Crippen molar-refractivity contribution in [3.8, 4) is 0 Å². The molecular weight excluding hydrogens is 454 g/mol. The normalized spacial score (nSPS) is 17.0. The first-order valence-corrected chi connectivity index (χ1v) is 13.3. The highest BCUT2D eigenvalue weighted by Crippen LogP contribution is 2.34. The van der Waals surface area contributed by atoms with Crippen LogP contribution in [0.1, 0.15) is 24.0 Å². The van der Waals surface area contributed by atoms with Crippen molar-refractivity contribution in [1.29, 1.82) is 0 Å². The summed E-state index contributed by atoms with van der Waals surface area (Å²) in [6.45, 7) is 9.31. The van der Waals surface area contributed by atoms with E-state index < -0.39 is 0 Å². The van der Waals surface area contributed by atoms with Crippen LogP contribution in [-0.2, 0) is 4.79 Å². The van der Waals surface area contributed by atoms with Crippen molar-refractivity contribution in [1.82, 2.24) is 14.9 Å². The van der Waals surface area contributed by atoms with Gasteiger partial charge in [-0.2, -0.15) is 0 Å². The number of nitrogens with zero attached hydrogens (tertiary/aromatic N) is 5. The van der Waals surface area contributed by atoms with E-state index in [1.807, 2.05) is 0 Å². The number of carbonyl (C=O) groups is 1. The largest absolute Gasteiger partial charge is 0.368 e. The number of aromatic nitrogens is 2. The van der Waals surface area contributed by atoms with E-state index in [4.69, 9.17) is 0 Å². The highest BCUT2D eigenvalue weighted by molar-refractivity contribution is 7.99. The van der Waals surface area contributed by atoms with Gasteiger partial charge in [0, 0.05) is 68.2 Å². The SMILES string of the molecule is Cc1ccc(Sc2nccnc2N2CCC(C(=O)N3CCN(c4ccccc4C)CC3)CC2)cc1. The van der Waals surface area contributed by atoms with Crippen LogP contribution in [0.2, 0.25) is 0 Å². The van der Waals surface area contributed by atoms with E-state index >= 15 is 0 Å². The van der Waals surface area contributed by atoms with Crippen LogP contribution in [0.5, 0.6) is 0 Å². The van der Waals surface area contributed by atoms with Crippen molar-refractivity contribution in [3.05, 3.63) is 72.1 Å². The summed E-state index contributed by atoms with van der Waals surface area (Å²) in [5.74, 6) is 1.35. The van der Waals surface area contributed by atoms with Crippen molar-refractivity contribution in [2.75, 3.05) is 49.1 Å². The van der Waals surface area contributed by atoms with Crippen molar-refractivity contribution < 1.29 is 4.79 Å². The third kappa shape index (κ3) is 5.45. The Morgan fingerprint density at radius 1 is 0.829 bits per heavy atom. The molecule has 0 bridgehead atoms. The quantitative estimate of drug-likeness (QED) is 0.515. The Labute approximate surface area is 212 Å². The van der Waals surface area contributed by atoms with Gasteiger partial charge < -0.3 is 14.7 Å². The molecule has 0 aliphatic carbocycles. The smallest absolute Gasteiger partial charge is 0.225 e. The lowest BCUT2D eigenvalue weighted by molar-refractivity contribution is -0.136. The first-order chi connectivity index (χ1) is 17.1. The lowest BCUT2D eigenvalue weighted by atomic mass is 9.95. The molecule has 2 aliphatic heterocycles. The summed E-state index contributed by atoms with van der Waals surface area (Å²) in [5.41, 5.74) is 3.83. The molecule has 2 aliphatic rings. The van der Waals surface area contributed by atoms with E-state index in [1.54, 1.807) is 24.2 Å². The molecule has 0 radical (unpaired) electrons. The third-order valence-corrected chi connectivity index (χ3v) is 8.06. The predicted molar refractivity (Wildman–Crippen MR) is 142 cm³/mol. The maximum atomic E-state index is 13.3. The molecule has 1 amide bonds. The fraction of sp³-hybridized carbons (Fsp3) is 0.393. The Kier molecular flexibility index (Phi) is 7.23. The molecule has 3 heterocycles. The first kappa shape index (κ1) is 23.7. The monoisotopic (exact) mass is 487 g/mol. The van der Waals surface area contributed by atoms with E-state index in [9.17, 15) is 4.79 Å². The number of aryl methyl sites for hydroxylation is 2. The van der Waals surface area contributed by atoms with E-state index in [2.05, 4.69) is 87.0 Å². The standard InChI is InChI=1S/C28H33N5OS/c1-21-7-9-24(10-8-21)35-27-26(29-13-14-30-27)32-15-11-23(12-16-32)28(34)33-19-17-31(18-20-33)25-6-4-3-5-22(25)2/h3-10,13-14,23H,11-12,15-20H2,1-2H3. The van der Waals surface area contributed by atoms with Crippen LogP contribution < -0.4 is 9.80 Å². The van der Waals surface area contributed by atoms with Crippen LogP contribution in [0.3, 0.4) is 0 Å². The van der Waals surface area contributed by atoms with Gasteiger partial charge in [-0.1, -0.05) is 47.7 Å². The number of carbonyl (C=O) groups excluding carboxylic acids is 1. The number of hydrogen-bond acceptors (Lipinski definition) is 6. The molecule has 2 fully saturated rings. The van der Waals surface area contributed by atoms with Crippen molar-refractivity contribution >= 4 is 29.2 Å². The van der Waals surface area contributed by atoms with Gasteiger partial charge in [0.2, 0.25) is 5.91 Å². The summed E-state index contributed by atoms with van der Waals surface area (Å²) in [7, 11) is 0. The average Bonchev–Trinajstić information content (AvgIpc) is 2.90. The zero-order chi connectivity index (χ0) is 24.2. The maximum Gasteiger partial charge on any atom is 0.225 e. The van der Waals surface area contributed by atoms with Crippen LogP contribution in [0.15, 0.2) is 70.8 Å². The second-order valence-corrected chi connectivity index (χ2v) is 10.5. The number of piperazine rings is 1. The highest BCUT2D eigenvalue weighted by Gasteiger charge is 2.31. The van der Waals surface area contributed by atoms with Gasteiger partial charge in [-0.3, -0.25) is 4.79 Å². The highest BCUT2D eigenvalue weighted by atomic mass is 32.2. The van der Waals surface area contributed by atoms with Gasteiger partial charge in [0.15, 0.2) is 5.82 Å². The van der Waals surface area contributed by atoms with Crippen LogP contribution in [0, 0.1) is 19.8 Å². The number of para-hydroxylation sites is 1. The van der Waals surface area contributed by atoms with Gasteiger partial charge in [0.25, 0.3) is 0 Å². The first-order valence-electron chi connectivity index (χ1n) is 12.5. The molecule has 2 aromatic carbocycles. The van der Waals surface area contributed by atoms with Gasteiger partial charge in [-0.05, 0) is 50.5 Å². The molecule has 7 heteroatoms. The minimum absolute atomic E-state index is 0.0983. The molecule has 0 saturated carbocycles. The zero-order valence-corrected chi connectivity index (χ0v) is 21.4. The maximum absolute atomic E-state index is 13.3. The summed E-state index contributed by atoms with van der Waals surface area (Å²) in [5, 5.41) is 0.924. The molecule has 3 aromatic rings.